The highest BCUT2D eigenvalue weighted by molar-refractivity contribution is 6.30. The van der Waals surface area contributed by atoms with Gasteiger partial charge in [0.25, 0.3) is 5.91 Å². The smallest absolute Gasteiger partial charge is 0.270 e. The van der Waals surface area contributed by atoms with Gasteiger partial charge in [-0.1, -0.05) is 23.7 Å². The second-order valence-corrected chi connectivity index (χ2v) is 5.55. The lowest BCUT2D eigenvalue weighted by Crippen LogP contribution is -2.23. The molecule has 3 rings (SSSR count). The Kier molecular flexibility index (Phi) is 5.03. The third kappa shape index (κ3) is 4.30. The summed E-state index contributed by atoms with van der Waals surface area (Å²) in [5.74, 6) is -0.242. The van der Waals surface area contributed by atoms with Crippen molar-refractivity contribution >= 4 is 28.9 Å². The molecular weight excluding hydrogens is 324 g/mol. The number of carbonyl (C=O) groups excluding carboxylic acids is 1. The molecule has 1 aromatic carbocycles. The minimum Gasteiger partial charge on any atom is -0.355 e. The Morgan fingerprint density at radius 1 is 1.04 bits per heavy atom. The van der Waals surface area contributed by atoms with Crippen LogP contribution in [-0.4, -0.2) is 15.9 Å². The molecule has 2 N–H and O–H groups in total. The zero-order valence-corrected chi connectivity index (χ0v) is 13.5. The summed E-state index contributed by atoms with van der Waals surface area (Å²) in [6.45, 7) is 0.403. The summed E-state index contributed by atoms with van der Waals surface area (Å²) in [6.07, 6.45) is 4.99. The summed E-state index contributed by atoms with van der Waals surface area (Å²) in [6, 6.07) is 14.6. The molecule has 24 heavy (non-hydrogen) atoms. The topological polar surface area (TPSA) is 66.9 Å². The molecule has 3 aromatic rings. The molecule has 0 bridgehead atoms. The van der Waals surface area contributed by atoms with Crippen LogP contribution in [0.1, 0.15) is 16.1 Å². The van der Waals surface area contributed by atoms with Crippen LogP contribution in [0.15, 0.2) is 67.1 Å². The molecule has 0 radical (unpaired) electrons. The van der Waals surface area contributed by atoms with E-state index in [0.29, 0.717) is 17.3 Å². The predicted molar refractivity (Wildman–Crippen MR) is 94.4 cm³/mol. The summed E-state index contributed by atoms with van der Waals surface area (Å²) in [4.78, 5) is 20.4. The van der Waals surface area contributed by atoms with Crippen molar-refractivity contribution in [1.29, 1.82) is 0 Å². The lowest BCUT2D eigenvalue weighted by atomic mass is 10.2. The van der Waals surface area contributed by atoms with Crippen LogP contribution in [0, 0.1) is 0 Å². The van der Waals surface area contributed by atoms with Crippen molar-refractivity contribution in [1.82, 2.24) is 15.3 Å². The molecule has 120 valence electrons. The molecule has 2 heterocycles. The Morgan fingerprint density at radius 2 is 1.92 bits per heavy atom. The number of nitrogens with one attached hydrogen (secondary N) is 2. The first kappa shape index (κ1) is 16.0. The SMILES string of the molecule is O=C(NCc1cccnc1)c1cc(Nc2cccc(Cl)c2)ccn1. The molecule has 0 atom stereocenters. The van der Waals surface area contributed by atoms with E-state index in [1.165, 1.54) is 0 Å². The first-order valence-corrected chi connectivity index (χ1v) is 7.74. The Bertz CT molecular complexity index is 839. The molecular formula is C18H15ClN4O. The second kappa shape index (κ2) is 7.57. The van der Waals surface area contributed by atoms with E-state index in [9.17, 15) is 4.79 Å². The van der Waals surface area contributed by atoms with Crippen molar-refractivity contribution in [2.45, 2.75) is 6.54 Å². The summed E-state index contributed by atoms with van der Waals surface area (Å²) in [5.41, 5.74) is 2.87. The Hall–Kier alpha value is -2.92. The lowest BCUT2D eigenvalue weighted by molar-refractivity contribution is 0.0946. The number of hydrogen-bond donors (Lipinski definition) is 2. The number of anilines is 2. The van der Waals surface area contributed by atoms with Gasteiger partial charge in [0, 0.05) is 41.5 Å². The maximum Gasteiger partial charge on any atom is 0.270 e. The van der Waals surface area contributed by atoms with E-state index in [1.807, 2.05) is 30.3 Å². The lowest BCUT2D eigenvalue weighted by Gasteiger charge is -2.09. The largest absolute Gasteiger partial charge is 0.355 e. The van der Waals surface area contributed by atoms with Crippen LogP contribution in [0.3, 0.4) is 0 Å². The van der Waals surface area contributed by atoms with Gasteiger partial charge in [0.05, 0.1) is 0 Å². The van der Waals surface area contributed by atoms with Crippen LogP contribution in [0.25, 0.3) is 0 Å². The molecule has 5 nitrogen and oxygen atoms in total. The quantitative estimate of drug-likeness (QED) is 0.742. The molecule has 0 aliphatic heterocycles. The normalized spacial score (nSPS) is 10.2. The average Bonchev–Trinajstić information content (AvgIpc) is 2.61. The molecule has 6 heteroatoms. The van der Waals surface area contributed by atoms with Crippen LogP contribution >= 0.6 is 11.6 Å². The molecule has 0 fully saturated rings. The minimum atomic E-state index is -0.242. The number of hydrogen-bond acceptors (Lipinski definition) is 4. The van der Waals surface area contributed by atoms with Gasteiger partial charge < -0.3 is 10.6 Å². The first-order valence-electron chi connectivity index (χ1n) is 7.36. The van der Waals surface area contributed by atoms with Crippen LogP contribution in [-0.2, 0) is 6.54 Å². The van der Waals surface area contributed by atoms with Crippen molar-refractivity contribution in [3.63, 3.8) is 0 Å². The van der Waals surface area contributed by atoms with E-state index in [0.717, 1.165) is 16.9 Å². The average molecular weight is 339 g/mol. The number of nitrogens with zero attached hydrogens (tertiary/aromatic N) is 2. The van der Waals surface area contributed by atoms with Crippen molar-refractivity contribution in [3.05, 3.63) is 83.4 Å². The number of halogens is 1. The van der Waals surface area contributed by atoms with Crippen LogP contribution in [0.4, 0.5) is 11.4 Å². The molecule has 0 spiro atoms. The van der Waals surface area contributed by atoms with Gasteiger partial charge >= 0.3 is 0 Å². The zero-order valence-electron chi connectivity index (χ0n) is 12.7. The van der Waals surface area contributed by atoms with E-state index in [1.54, 1.807) is 36.8 Å². The van der Waals surface area contributed by atoms with Gasteiger partial charge in [-0.25, -0.2) is 0 Å². The Morgan fingerprint density at radius 3 is 2.71 bits per heavy atom. The molecule has 0 saturated heterocycles. The number of pyridine rings is 2. The fourth-order valence-corrected chi connectivity index (χ4v) is 2.33. The van der Waals surface area contributed by atoms with E-state index >= 15 is 0 Å². The number of rotatable bonds is 5. The molecule has 0 aliphatic rings. The minimum absolute atomic E-state index is 0.242. The monoisotopic (exact) mass is 338 g/mol. The van der Waals surface area contributed by atoms with E-state index in [-0.39, 0.29) is 5.91 Å². The molecule has 0 saturated carbocycles. The van der Waals surface area contributed by atoms with Gasteiger partial charge in [-0.2, -0.15) is 0 Å². The Labute approximate surface area is 144 Å². The zero-order chi connectivity index (χ0) is 16.8. The molecule has 1 amide bonds. The molecule has 2 aromatic heterocycles. The van der Waals surface area contributed by atoms with Gasteiger partial charge in [0.2, 0.25) is 0 Å². The number of benzene rings is 1. The fraction of sp³-hybridized carbons (Fsp3) is 0.0556. The fourth-order valence-electron chi connectivity index (χ4n) is 2.14. The van der Waals surface area contributed by atoms with Gasteiger partial charge in [-0.15, -0.1) is 0 Å². The highest BCUT2D eigenvalue weighted by atomic mass is 35.5. The van der Waals surface area contributed by atoms with Gasteiger partial charge in [-0.05, 0) is 42.0 Å². The van der Waals surface area contributed by atoms with Gasteiger partial charge in [0.15, 0.2) is 0 Å². The third-order valence-electron chi connectivity index (χ3n) is 3.28. The van der Waals surface area contributed by atoms with Crippen molar-refractivity contribution in [2.24, 2.45) is 0 Å². The highest BCUT2D eigenvalue weighted by Crippen LogP contribution is 2.20. The first-order chi connectivity index (χ1) is 11.7. The van der Waals surface area contributed by atoms with Crippen LogP contribution in [0.2, 0.25) is 5.02 Å². The van der Waals surface area contributed by atoms with Gasteiger partial charge in [-0.3, -0.25) is 14.8 Å². The van der Waals surface area contributed by atoms with E-state index < -0.39 is 0 Å². The van der Waals surface area contributed by atoms with Gasteiger partial charge in [0.1, 0.15) is 5.69 Å². The van der Waals surface area contributed by atoms with Crippen molar-refractivity contribution in [3.8, 4) is 0 Å². The third-order valence-corrected chi connectivity index (χ3v) is 3.52. The van der Waals surface area contributed by atoms with Crippen LogP contribution in [0.5, 0.6) is 0 Å². The van der Waals surface area contributed by atoms with Crippen molar-refractivity contribution < 1.29 is 4.79 Å². The number of amides is 1. The Balaban J connectivity index is 1.67. The maximum absolute atomic E-state index is 12.2. The highest BCUT2D eigenvalue weighted by Gasteiger charge is 2.08. The van der Waals surface area contributed by atoms with Crippen molar-refractivity contribution in [2.75, 3.05) is 5.32 Å². The maximum atomic E-state index is 12.2. The molecule has 0 aliphatic carbocycles. The van der Waals surface area contributed by atoms with E-state index in [4.69, 9.17) is 11.6 Å². The second-order valence-electron chi connectivity index (χ2n) is 5.11. The van der Waals surface area contributed by atoms with Crippen LogP contribution < -0.4 is 10.6 Å². The number of aromatic nitrogens is 2. The summed E-state index contributed by atoms with van der Waals surface area (Å²) in [5, 5.41) is 6.67. The number of carbonyl (C=O) groups is 1. The summed E-state index contributed by atoms with van der Waals surface area (Å²) < 4.78 is 0. The summed E-state index contributed by atoms with van der Waals surface area (Å²) >= 11 is 5.97. The summed E-state index contributed by atoms with van der Waals surface area (Å²) in [7, 11) is 0. The predicted octanol–water partition coefficient (Wildman–Crippen LogP) is 3.80. The van der Waals surface area contributed by atoms with E-state index in [2.05, 4.69) is 20.6 Å². The standard InChI is InChI=1S/C18H15ClN4O/c19-14-4-1-5-15(9-14)23-16-6-8-21-17(10-16)18(24)22-12-13-3-2-7-20-11-13/h1-11H,12H2,(H,21,23)(H,22,24). The molecule has 0 unspecified atom stereocenters.